The second-order valence-electron chi connectivity index (χ2n) is 6.11. The number of hydrogen-bond donors (Lipinski definition) is 1. The van der Waals surface area contributed by atoms with Crippen LogP contribution in [0, 0.1) is 11.8 Å². The molecule has 2 aliphatic rings. The van der Waals surface area contributed by atoms with Crippen LogP contribution in [0.15, 0.2) is 29.2 Å². The average Bonchev–Trinajstić information content (AvgIpc) is 3.15. The number of rotatable bonds is 4. The van der Waals surface area contributed by atoms with Crippen LogP contribution in [0.2, 0.25) is 0 Å². The molecule has 0 aromatic heterocycles. The minimum absolute atomic E-state index is 0.0382. The Balaban J connectivity index is 1.61. The summed E-state index contributed by atoms with van der Waals surface area (Å²) in [5.41, 5.74) is -0.732. The fraction of sp³-hybridized carbons (Fsp3) is 0.533. The molecule has 1 aromatic carbocycles. The van der Waals surface area contributed by atoms with Crippen molar-refractivity contribution in [3.05, 3.63) is 24.3 Å². The first kappa shape index (κ1) is 15.5. The number of aliphatic hydroxyl groups is 1. The van der Waals surface area contributed by atoms with Crippen molar-refractivity contribution >= 4 is 16.1 Å². The molecule has 0 aliphatic heterocycles. The number of hydrogen-bond acceptors (Lipinski definition) is 6. The number of esters is 1. The molecule has 0 radical (unpaired) electrons. The molecule has 0 spiro atoms. The summed E-state index contributed by atoms with van der Waals surface area (Å²) in [6.45, 7) is 0. The molecule has 6 nitrogen and oxygen atoms in total. The molecule has 2 fully saturated rings. The molecule has 22 heavy (non-hydrogen) atoms. The Morgan fingerprint density at radius 1 is 1.23 bits per heavy atom. The fourth-order valence-electron chi connectivity index (χ4n) is 3.27. The summed E-state index contributed by atoms with van der Waals surface area (Å²) in [6.07, 6.45) is 4.07. The van der Waals surface area contributed by atoms with Crippen LogP contribution >= 0.6 is 0 Å². The summed E-state index contributed by atoms with van der Waals surface area (Å²) in [5.74, 6) is -0.556. The minimum atomic E-state index is -4.50. The summed E-state index contributed by atoms with van der Waals surface area (Å²) < 4.78 is 37.7. The smallest absolute Gasteiger partial charge is 0.314 e. The van der Waals surface area contributed by atoms with Crippen molar-refractivity contribution in [2.24, 2.45) is 11.8 Å². The van der Waals surface area contributed by atoms with E-state index in [2.05, 4.69) is 0 Å². The molecule has 0 amide bonds. The maximum atomic E-state index is 12.1. The van der Waals surface area contributed by atoms with Crippen LogP contribution in [0.4, 0.5) is 0 Å². The van der Waals surface area contributed by atoms with Crippen LogP contribution in [0.3, 0.4) is 0 Å². The van der Waals surface area contributed by atoms with Gasteiger partial charge in [-0.05, 0) is 43.5 Å². The molecule has 0 bridgehead atoms. The Labute approximate surface area is 128 Å². The normalized spacial score (nSPS) is 26.6. The van der Waals surface area contributed by atoms with Gasteiger partial charge < -0.3 is 14.4 Å². The summed E-state index contributed by atoms with van der Waals surface area (Å²) in [5, 5.41) is 10.4. The predicted octanol–water partition coefficient (Wildman–Crippen LogP) is 1.44. The van der Waals surface area contributed by atoms with Crippen molar-refractivity contribution in [3.63, 3.8) is 0 Å². The predicted molar refractivity (Wildman–Crippen MR) is 75.1 cm³/mol. The molecule has 0 saturated heterocycles. The highest BCUT2D eigenvalue weighted by Gasteiger charge is 2.56. The van der Waals surface area contributed by atoms with E-state index in [0.29, 0.717) is 6.42 Å². The Kier molecular flexibility index (Phi) is 3.74. The lowest BCUT2D eigenvalue weighted by molar-refractivity contribution is -0.137. The van der Waals surface area contributed by atoms with Crippen LogP contribution in [0.5, 0.6) is 5.75 Å². The molecular weight excluding hydrogens is 308 g/mol. The van der Waals surface area contributed by atoms with Crippen molar-refractivity contribution in [2.45, 2.75) is 42.6 Å². The molecule has 120 valence electrons. The van der Waals surface area contributed by atoms with Gasteiger partial charge in [0, 0.05) is 5.92 Å². The lowest BCUT2D eigenvalue weighted by Gasteiger charge is -2.21. The zero-order valence-electron chi connectivity index (χ0n) is 11.9. The maximum absolute atomic E-state index is 12.1. The van der Waals surface area contributed by atoms with Crippen LogP contribution in [-0.2, 0) is 14.9 Å². The van der Waals surface area contributed by atoms with Gasteiger partial charge in [-0.25, -0.2) is 8.42 Å². The monoisotopic (exact) mass is 325 g/mol. The third-order valence-electron chi connectivity index (χ3n) is 4.58. The largest absolute Gasteiger partial charge is 0.744 e. The molecule has 2 saturated carbocycles. The van der Waals surface area contributed by atoms with Gasteiger partial charge in [-0.15, -0.1) is 0 Å². The SMILES string of the molecule is O=C(Oc1ccc(S(=O)(=O)[O-])cc1)C1CC1C1(O)CCCC1. The molecule has 7 heteroatoms. The molecule has 2 atom stereocenters. The van der Waals surface area contributed by atoms with Gasteiger partial charge in [-0.3, -0.25) is 4.79 Å². The first-order chi connectivity index (χ1) is 10.3. The third kappa shape index (κ3) is 3.02. The molecule has 2 unspecified atom stereocenters. The van der Waals surface area contributed by atoms with E-state index in [-0.39, 0.29) is 22.5 Å². The van der Waals surface area contributed by atoms with Crippen molar-refractivity contribution in [2.75, 3.05) is 0 Å². The lowest BCUT2D eigenvalue weighted by atomic mass is 9.94. The van der Waals surface area contributed by atoms with E-state index < -0.39 is 21.7 Å². The Hall–Kier alpha value is -1.44. The highest BCUT2D eigenvalue weighted by atomic mass is 32.2. The molecule has 2 aliphatic carbocycles. The van der Waals surface area contributed by atoms with Crippen molar-refractivity contribution < 1.29 is 27.6 Å². The van der Waals surface area contributed by atoms with Gasteiger partial charge in [0.1, 0.15) is 15.9 Å². The Bertz CT molecular complexity index is 672. The summed E-state index contributed by atoms with van der Waals surface area (Å²) in [4.78, 5) is 11.7. The molecule has 1 N–H and O–H groups in total. The first-order valence-electron chi connectivity index (χ1n) is 7.30. The van der Waals surface area contributed by atoms with E-state index in [1.807, 2.05) is 0 Å². The van der Waals surface area contributed by atoms with Crippen molar-refractivity contribution in [3.8, 4) is 5.75 Å². The van der Waals surface area contributed by atoms with Gasteiger partial charge in [-0.1, -0.05) is 12.8 Å². The van der Waals surface area contributed by atoms with E-state index in [0.717, 1.165) is 37.8 Å². The van der Waals surface area contributed by atoms with Crippen molar-refractivity contribution in [1.29, 1.82) is 0 Å². The van der Waals surface area contributed by atoms with E-state index in [1.54, 1.807) is 0 Å². The second-order valence-corrected chi connectivity index (χ2v) is 7.49. The van der Waals surface area contributed by atoms with Crippen LogP contribution in [-0.4, -0.2) is 29.6 Å². The first-order valence-corrected chi connectivity index (χ1v) is 8.70. The van der Waals surface area contributed by atoms with E-state index in [4.69, 9.17) is 4.74 Å². The Morgan fingerprint density at radius 2 is 1.82 bits per heavy atom. The second kappa shape index (κ2) is 5.33. The van der Waals surface area contributed by atoms with Crippen LogP contribution < -0.4 is 4.74 Å². The summed E-state index contributed by atoms with van der Waals surface area (Å²) in [6, 6.07) is 4.79. The molecule has 1 aromatic rings. The van der Waals surface area contributed by atoms with Crippen LogP contribution in [0.1, 0.15) is 32.1 Å². The standard InChI is InChI=1S/C15H18O6S/c16-14(12-9-13(12)15(17)7-1-2-8-15)21-10-3-5-11(6-4-10)22(18,19)20/h3-6,12-13,17H,1-2,7-9H2,(H,18,19,20)/p-1. The molecule has 3 rings (SSSR count). The average molecular weight is 325 g/mol. The number of carbonyl (C=O) groups is 1. The topological polar surface area (TPSA) is 104 Å². The highest BCUT2D eigenvalue weighted by molar-refractivity contribution is 7.85. The van der Waals surface area contributed by atoms with Gasteiger partial charge in [0.15, 0.2) is 0 Å². The van der Waals surface area contributed by atoms with Crippen LogP contribution in [0.25, 0.3) is 0 Å². The Morgan fingerprint density at radius 3 is 2.36 bits per heavy atom. The fourth-order valence-corrected chi connectivity index (χ4v) is 3.74. The summed E-state index contributed by atoms with van der Waals surface area (Å²) >= 11 is 0. The van der Waals surface area contributed by atoms with Crippen molar-refractivity contribution in [1.82, 2.24) is 0 Å². The van der Waals surface area contributed by atoms with E-state index in [9.17, 15) is 22.9 Å². The third-order valence-corrected chi connectivity index (χ3v) is 5.43. The van der Waals surface area contributed by atoms with Gasteiger partial charge in [0.25, 0.3) is 0 Å². The van der Waals surface area contributed by atoms with Gasteiger partial charge >= 0.3 is 5.97 Å². The molecule has 0 heterocycles. The number of carbonyl (C=O) groups excluding carboxylic acids is 1. The quantitative estimate of drug-likeness (QED) is 0.510. The van der Waals surface area contributed by atoms with Gasteiger partial charge in [0.2, 0.25) is 0 Å². The number of ether oxygens (including phenoxy) is 1. The number of benzene rings is 1. The molecular formula is C15H17O6S-. The highest BCUT2D eigenvalue weighted by Crippen LogP contribution is 2.53. The van der Waals surface area contributed by atoms with E-state index in [1.165, 1.54) is 12.1 Å². The zero-order valence-corrected chi connectivity index (χ0v) is 12.7. The minimum Gasteiger partial charge on any atom is -0.744 e. The van der Waals surface area contributed by atoms with Gasteiger partial charge in [0.05, 0.1) is 16.4 Å². The lowest BCUT2D eigenvalue weighted by Crippen LogP contribution is -2.29. The maximum Gasteiger partial charge on any atom is 0.314 e. The summed E-state index contributed by atoms with van der Waals surface area (Å²) in [7, 11) is -4.50. The van der Waals surface area contributed by atoms with E-state index >= 15 is 0 Å². The zero-order chi connectivity index (χ0) is 16.0. The van der Waals surface area contributed by atoms with Gasteiger partial charge in [-0.2, -0.15) is 0 Å².